The van der Waals surface area contributed by atoms with Crippen molar-refractivity contribution in [3.63, 3.8) is 0 Å². The van der Waals surface area contributed by atoms with Gasteiger partial charge in [-0.25, -0.2) is 9.59 Å². The highest BCUT2D eigenvalue weighted by Gasteiger charge is 2.66. The molecule has 2 aliphatic carbocycles. The highest BCUT2D eigenvalue weighted by Crippen LogP contribution is 2.54. The molecule has 4 heterocycles. The summed E-state index contributed by atoms with van der Waals surface area (Å²) in [7, 11) is 0. The van der Waals surface area contributed by atoms with E-state index in [4.69, 9.17) is 28.4 Å². The summed E-state index contributed by atoms with van der Waals surface area (Å²) >= 11 is 0. The van der Waals surface area contributed by atoms with Crippen LogP contribution in [0.1, 0.15) is 56.1 Å². The van der Waals surface area contributed by atoms with Crippen molar-refractivity contribution in [1.29, 1.82) is 0 Å². The second-order valence-corrected chi connectivity index (χ2v) is 12.3. The van der Waals surface area contributed by atoms with Gasteiger partial charge in [0.25, 0.3) is 0 Å². The van der Waals surface area contributed by atoms with Crippen molar-refractivity contribution in [2.75, 3.05) is 0 Å². The molecule has 4 aliphatic heterocycles. The largest absolute Gasteiger partial charge is 0.457 e. The van der Waals surface area contributed by atoms with E-state index in [1.54, 1.807) is 0 Å². The van der Waals surface area contributed by atoms with E-state index >= 15 is 0 Å². The molecule has 216 valence electrons. The number of benzene rings is 2. The minimum Gasteiger partial charge on any atom is -0.457 e. The Morgan fingerprint density at radius 3 is 1.39 bits per heavy atom. The summed E-state index contributed by atoms with van der Waals surface area (Å²) in [6.45, 7) is 0. The Morgan fingerprint density at radius 2 is 0.976 bits per heavy atom. The molecule has 6 fully saturated rings. The molecule has 8 rings (SSSR count). The Labute approximate surface area is 236 Å². The summed E-state index contributed by atoms with van der Waals surface area (Å²) in [4.78, 5) is 24.5. The molecule has 0 spiro atoms. The van der Waals surface area contributed by atoms with E-state index < -0.39 is 71.3 Å². The average Bonchev–Trinajstić information content (AvgIpc) is 3.66. The van der Waals surface area contributed by atoms with E-state index in [2.05, 4.69) is 0 Å². The first-order valence-electron chi connectivity index (χ1n) is 14.4. The van der Waals surface area contributed by atoms with Gasteiger partial charge in [0.15, 0.2) is 22.8 Å². The SMILES string of the molecule is O=C1OC2CC1(O)CC1OC(CCCC3(c4ccccc4)OC4CC5(O)CC(OC5=O)C4O3)(c3ccccc3)OC21. The van der Waals surface area contributed by atoms with Crippen LogP contribution >= 0.6 is 0 Å². The van der Waals surface area contributed by atoms with Gasteiger partial charge in [-0.3, -0.25) is 0 Å². The van der Waals surface area contributed by atoms with Crippen LogP contribution < -0.4 is 0 Å². The molecule has 10 heteroatoms. The number of rotatable bonds is 6. The van der Waals surface area contributed by atoms with Crippen molar-refractivity contribution < 1.29 is 48.2 Å². The van der Waals surface area contributed by atoms with Crippen LogP contribution in [0.15, 0.2) is 60.7 Å². The van der Waals surface area contributed by atoms with Gasteiger partial charge in [0.1, 0.15) is 24.4 Å². The molecular weight excluding hydrogens is 532 g/mol. The van der Waals surface area contributed by atoms with Crippen molar-refractivity contribution in [3.05, 3.63) is 71.8 Å². The number of hydrogen-bond acceptors (Lipinski definition) is 10. The lowest BCUT2D eigenvalue weighted by Gasteiger charge is -2.33. The fourth-order valence-electron chi connectivity index (χ4n) is 7.73. The zero-order valence-electron chi connectivity index (χ0n) is 22.3. The maximum atomic E-state index is 12.3. The van der Waals surface area contributed by atoms with E-state index in [0.717, 1.165) is 11.1 Å². The first kappa shape index (κ1) is 25.8. The highest BCUT2D eigenvalue weighted by molar-refractivity contribution is 5.82. The molecule has 4 bridgehead atoms. The van der Waals surface area contributed by atoms with Gasteiger partial charge in [0.05, 0.1) is 12.2 Å². The standard InChI is InChI=1S/C31H32O10/c32-26-28(34)14-20(36-26)24-22(16-28)38-30(40-24,18-8-3-1-4-9-18)12-7-13-31(19-10-5-2-6-11-19)39-23-17-29(35)15-21(25(23)41-31)37-27(29)33/h1-6,8-11,20-25,34-35H,7,12-17H2. The summed E-state index contributed by atoms with van der Waals surface area (Å²) in [6, 6.07) is 19.3. The van der Waals surface area contributed by atoms with Gasteiger partial charge in [-0.05, 0) is 6.42 Å². The molecule has 2 N–H and O–H groups in total. The van der Waals surface area contributed by atoms with Crippen molar-refractivity contribution in [3.8, 4) is 0 Å². The van der Waals surface area contributed by atoms with Gasteiger partial charge < -0.3 is 38.6 Å². The Kier molecular flexibility index (Phi) is 5.56. The van der Waals surface area contributed by atoms with E-state index in [1.807, 2.05) is 60.7 Å². The summed E-state index contributed by atoms with van der Waals surface area (Å²) < 4.78 is 37.5. The van der Waals surface area contributed by atoms with Crippen LogP contribution in [-0.4, -0.2) is 70.0 Å². The number of esters is 2. The van der Waals surface area contributed by atoms with E-state index in [9.17, 15) is 19.8 Å². The predicted octanol–water partition coefficient (Wildman–Crippen LogP) is 2.33. The van der Waals surface area contributed by atoms with Crippen molar-refractivity contribution in [1.82, 2.24) is 0 Å². The molecule has 41 heavy (non-hydrogen) atoms. The highest BCUT2D eigenvalue weighted by atomic mass is 16.8. The molecule has 10 nitrogen and oxygen atoms in total. The van der Waals surface area contributed by atoms with Gasteiger partial charge in [0, 0.05) is 49.7 Å². The fourth-order valence-corrected chi connectivity index (χ4v) is 7.73. The summed E-state index contributed by atoms with van der Waals surface area (Å²) in [5.41, 5.74) is -1.42. The van der Waals surface area contributed by atoms with Crippen LogP contribution in [-0.2, 0) is 49.6 Å². The maximum Gasteiger partial charge on any atom is 0.338 e. The van der Waals surface area contributed by atoms with Crippen LogP contribution in [0.2, 0.25) is 0 Å². The van der Waals surface area contributed by atoms with Crippen LogP contribution in [0, 0.1) is 0 Å². The maximum absolute atomic E-state index is 12.3. The summed E-state index contributed by atoms with van der Waals surface area (Å²) in [6.07, 6.45) is -1.03. The smallest absolute Gasteiger partial charge is 0.338 e. The van der Waals surface area contributed by atoms with E-state index in [-0.39, 0.29) is 25.7 Å². The topological polar surface area (TPSA) is 130 Å². The van der Waals surface area contributed by atoms with Crippen molar-refractivity contribution in [2.24, 2.45) is 0 Å². The van der Waals surface area contributed by atoms with Gasteiger partial charge in [0.2, 0.25) is 0 Å². The van der Waals surface area contributed by atoms with Gasteiger partial charge in [-0.15, -0.1) is 0 Å². The first-order valence-corrected chi connectivity index (χ1v) is 14.4. The Balaban J connectivity index is 1.07. The molecule has 2 saturated carbocycles. The summed E-state index contributed by atoms with van der Waals surface area (Å²) in [5, 5.41) is 21.7. The zero-order valence-corrected chi connectivity index (χ0v) is 22.3. The molecule has 10 atom stereocenters. The number of hydrogen-bond donors (Lipinski definition) is 2. The molecule has 2 aromatic rings. The third-order valence-electron chi connectivity index (χ3n) is 9.67. The van der Waals surface area contributed by atoms with E-state index in [1.165, 1.54) is 0 Å². The van der Waals surface area contributed by atoms with Crippen LogP contribution in [0.25, 0.3) is 0 Å². The number of ether oxygens (including phenoxy) is 6. The minimum atomic E-state index is -1.55. The lowest BCUT2D eigenvalue weighted by molar-refractivity contribution is -0.217. The Hall–Kier alpha value is -2.86. The Morgan fingerprint density at radius 1 is 0.585 bits per heavy atom. The number of fused-ring (bicyclic) bond motifs is 8. The summed E-state index contributed by atoms with van der Waals surface area (Å²) in [5.74, 6) is -3.45. The molecule has 0 radical (unpaired) electrons. The quantitative estimate of drug-likeness (QED) is 0.504. The van der Waals surface area contributed by atoms with Gasteiger partial charge >= 0.3 is 11.9 Å². The lowest BCUT2D eigenvalue weighted by Crippen LogP contribution is -2.47. The molecular formula is C31H32O10. The van der Waals surface area contributed by atoms with Crippen LogP contribution in [0.5, 0.6) is 0 Å². The van der Waals surface area contributed by atoms with Crippen LogP contribution in [0.4, 0.5) is 0 Å². The molecule has 4 saturated heterocycles. The molecule has 0 aromatic heterocycles. The van der Waals surface area contributed by atoms with Gasteiger partial charge in [-0.1, -0.05) is 60.7 Å². The fraction of sp³-hybridized carbons (Fsp3) is 0.548. The third-order valence-corrected chi connectivity index (χ3v) is 9.67. The molecule has 2 aromatic carbocycles. The number of carbonyl (C=O) groups is 2. The second kappa shape index (κ2) is 8.82. The Bertz CT molecular complexity index is 1270. The third kappa shape index (κ3) is 3.85. The monoisotopic (exact) mass is 564 g/mol. The minimum absolute atomic E-state index is 0.119. The van der Waals surface area contributed by atoms with Crippen molar-refractivity contribution in [2.45, 2.75) is 104 Å². The van der Waals surface area contributed by atoms with E-state index in [0.29, 0.717) is 19.3 Å². The molecule has 10 unspecified atom stereocenters. The average molecular weight is 565 g/mol. The number of aliphatic hydroxyl groups is 2. The molecule has 6 aliphatic rings. The zero-order chi connectivity index (χ0) is 28.0. The predicted molar refractivity (Wildman–Crippen MR) is 138 cm³/mol. The lowest BCUT2D eigenvalue weighted by atomic mass is 9.82. The number of carbonyl (C=O) groups excluding carboxylic acids is 2. The molecule has 0 amide bonds. The normalized spacial score (nSPS) is 45.7. The van der Waals surface area contributed by atoms with Gasteiger partial charge in [-0.2, -0.15) is 0 Å². The second-order valence-electron chi connectivity index (χ2n) is 12.3. The van der Waals surface area contributed by atoms with Crippen LogP contribution in [0.3, 0.4) is 0 Å². The van der Waals surface area contributed by atoms with Crippen molar-refractivity contribution >= 4 is 11.9 Å². The first-order chi connectivity index (χ1) is 19.7.